The van der Waals surface area contributed by atoms with Crippen LogP contribution in [0.25, 0.3) is 0 Å². The van der Waals surface area contributed by atoms with Crippen LogP contribution in [-0.4, -0.2) is 29.4 Å². The molecule has 1 amide bonds. The molecule has 0 saturated heterocycles. The summed E-state index contributed by atoms with van der Waals surface area (Å²) in [5, 5.41) is 12.0. The number of thioether (sulfide) groups is 1. The third-order valence-electron chi connectivity index (χ3n) is 2.71. The van der Waals surface area contributed by atoms with E-state index >= 15 is 0 Å². The van der Waals surface area contributed by atoms with Crippen molar-refractivity contribution in [3.8, 4) is 0 Å². The van der Waals surface area contributed by atoms with Crippen LogP contribution in [0, 0.1) is 0 Å². The molecule has 1 rings (SSSR count). The molecule has 0 bridgehead atoms. The van der Waals surface area contributed by atoms with Crippen LogP contribution in [0.3, 0.4) is 0 Å². The highest BCUT2D eigenvalue weighted by molar-refractivity contribution is 7.99. The molecule has 1 aromatic carbocycles. The molecule has 0 fully saturated rings. The Balaban J connectivity index is 2.64. The van der Waals surface area contributed by atoms with Crippen LogP contribution in [0.2, 0.25) is 0 Å². The van der Waals surface area contributed by atoms with Gasteiger partial charge in [-0.2, -0.15) is 0 Å². The zero-order valence-electron chi connectivity index (χ0n) is 12.3. The lowest BCUT2D eigenvalue weighted by molar-refractivity contribution is 0.0942. The predicted molar refractivity (Wildman–Crippen MR) is 85.2 cm³/mol. The summed E-state index contributed by atoms with van der Waals surface area (Å²) in [5.74, 6) is 0.784. The number of rotatable bonds is 7. The summed E-state index contributed by atoms with van der Waals surface area (Å²) in [6.07, 6.45) is 2.32. The molecule has 0 aliphatic rings. The van der Waals surface area contributed by atoms with Crippen LogP contribution >= 0.6 is 11.8 Å². The number of benzene rings is 1. The number of carbonyl (C=O) groups excluding carboxylic acids is 1. The first kappa shape index (κ1) is 16.8. The number of nitrogens with one attached hydrogen (secondary N) is 1. The standard InChI is InChI=1S/C16H23NO2S/c1-12(2)9-11-20-15-7-5-4-6-14(15)16(19)17-10-8-13(3)18/h4-7,9,13,18H,8,10-11H2,1-3H3,(H,17,19). The third-order valence-corrected chi connectivity index (χ3v) is 3.71. The third kappa shape index (κ3) is 6.26. The Bertz CT molecular complexity index is 465. The van der Waals surface area contributed by atoms with E-state index in [4.69, 9.17) is 0 Å². The zero-order chi connectivity index (χ0) is 15.0. The molecule has 0 spiro atoms. The van der Waals surface area contributed by atoms with Gasteiger partial charge >= 0.3 is 0 Å². The largest absolute Gasteiger partial charge is 0.393 e. The minimum Gasteiger partial charge on any atom is -0.393 e. The van der Waals surface area contributed by atoms with Crippen molar-refractivity contribution in [3.05, 3.63) is 41.5 Å². The molecule has 4 heteroatoms. The minimum absolute atomic E-state index is 0.0778. The second-order valence-corrected chi connectivity index (χ2v) is 6.04. The molecular formula is C16H23NO2S. The van der Waals surface area contributed by atoms with E-state index in [1.807, 2.05) is 24.3 Å². The summed E-state index contributed by atoms with van der Waals surface area (Å²) in [6, 6.07) is 7.61. The number of aliphatic hydroxyl groups is 1. The van der Waals surface area contributed by atoms with Gasteiger partial charge in [-0.3, -0.25) is 4.79 Å². The van der Waals surface area contributed by atoms with Gasteiger partial charge < -0.3 is 10.4 Å². The van der Waals surface area contributed by atoms with Crippen LogP contribution in [0.4, 0.5) is 0 Å². The Hall–Kier alpha value is -1.26. The van der Waals surface area contributed by atoms with E-state index < -0.39 is 6.10 Å². The highest BCUT2D eigenvalue weighted by Crippen LogP contribution is 2.23. The molecule has 0 aliphatic carbocycles. The van der Waals surface area contributed by atoms with Gasteiger partial charge in [-0.25, -0.2) is 0 Å². The van der Waals surface area contributed by atoms with Gasteiger partial charge in [0.25, 0.3) is 5.91 Å². The Kier molecular flexibility index (Phi) is 7.41. The lowest BCUT2D eigenvalue weighted by Gasteiger charge is -2.10. The maximum absolute atomic E-state index is 12.1. The van der Waals surface area contributed by atoms with E-state index in [0.29, 0.717) is 18.5 Å². The zero-order valence-corrected chi connectivity index (χ0v) is 13.2. The topological polar surface area (TPSA) is 49.3 Å². The molecule has 0 aliphatic heterocycles. The lowest BCUT2D eigenvalue weighted by Crippen LogP contribution is -2.26. The number of carbonyl (C=O) groups is 1. The van der Waals surface area contributed by atoms with Gasteiger partial charge in [-0.15, -0.1) is 11.8 Å². The van der Waals surface area contributed by atoms with E-state index in [1.54, 1.807) is 18.7 Å². The van der Waals surface area contributed by atoms with E-state index in [-0.39, 0.29) is 5.91 Å². The highest BCUT2D eigenvalue weighted by Gasteiger charge is 2.10. The van der Waals surface area contributed by atoms with Crippen molar-refractivity contribution in [1.29, 1.82) is 0 Å². The van der Waals surface area contributed by atoms with E-state index in [2.05, 4.69) is 25.2 Å². The van der Waals surface area contributed by atoms with Gasteiger partial charge in [0.05, 0.1) is 11.7 Å². The quantitative estimate of drug-likeness (QED) is 0.599. The van der Waals surface area contributed by atoms with Gasteiger partial charge in [-0.1, -0.05) is 23.8 Å². The number of hydrogen-bond donors (Lipinski definition) is 2. The number of aliphatic hydroxyl groups excluding tert-OH is 1. The van der Waals surface area contributed by atoms with Crippen LogP contribution in [0.1, 0.15) is 37.6 Å². The number of allylic oxidation sites excluding steroid dienone is 1. The fourth-order valence-electron chi connectivity index (χ4n) is 1.57. The monoisotopic (exact) mass is 293 g/mol. The second-order valence-electron chi connectivity index (χ2n) is 4.98. The first-order chi connectivity index (χ1) is 9.50. The first-order valence-electron chi connectivity index (χ1n) is 6.82. The van der Waals surface area contributed by atoms with Crippen molar-refractivity contribution < 1.29 is 9.90 Å². The summed E-state index contributed by atoms with van der Waals surface area (Å²) in [6.45, 7) is 6.34. The Morgan fingerprint density at radius 1 is 1.40 bits per heavy atom. The molecule has 110 valence electrons. The first-order valence-corrected chi connectivity index (χ1v) is 7.80. The molecule has 0 saturated carbocycles. The van der Waals surface area contributed by atoms with Crippen molar-refractivity contribution in [1.82, 2.24) is 5.32 Å². The van der Waals surface area contributed by atoms with Gasteiger partial charge in [0, 0.05) is 17.2 Å². The molecule has 20 heavy (non-hydrogen) atoms. The van der Waals surface area contributed by atoms with Gasteiger partial charge in [0.1, 0.15) is 0 Å². The molecule has 0 radical (unpaired) electrons. The molecule has 0 heterocycles. The molecular weight excluding hydrogens is 270 g/mol. The van der Waals surface area contributed by atoms with Crippen molar-refractivity contribution in [2.24, 2.45) is 0 Å². The van der Waals surface area contributed by atoms with Crippen LogP contribution < -0.4 is 5.32 Å². The minimum atomic E-state index is -0.391. The number of amides is 1. The fraction of sp³-hybridized carbons (Fsp3) is 0.438. The van der Waals surface area contributed by atoms with E-state index in [0.717, 1.165) is 10.6 Å². The fourth-order valence-corrected chi connectivity index (χ4v) is 2.66. The average molecular weight is 293 g/mol. The van der Waals surface area contributed by atoms with Crippen LogP contribution in [0.5, 0.6) is 0 Å². The van der Waals surface area contributed by atoms with Crippen molar-refractivity contribution in [2.75, 3.05) is 12.3 Å². The maximum atomic E-state index is 12.1. The van der Waals surface area contributed by atoms with Crippen molar-refractivity contribution >= 4 is 17.7 Å². The highest BCUT2D eigenvalue weighted by atomic mass is 32.2. The molecule has 0 aromatic heterocycles. The lowest BCUT2D eigenvalue weighted by atomic mass is 10.2. The molecule has 1 aromatic rings. The summed E-state index contributed by atoms with van der Waals surface area (Å²) in [5.41, 5.74) is 1.97. The Morgan fingerprint density at radius 2 is 2.10 bits per heavy atom. The summed E-state index contributed by atoms with van der Waals surface area (Å²) < 4.78 is 0. The molecule has 2 N–H and O–H groups in total. The SMILES string of the molecule is CC(C)=CCSc1ccccc1C(=O)NCCC(C)O. The Labute approximate surface area is 125 Å². The molecule has 3 nitrogen and oxygen atoms in total. The molecule has 1 atom stereocenters. The smallest absolute Gasteiger partial charge is 0.252 e. The maximum Gasteiger partial charge on any atom is 0.252 e. The summed E-state index contributed by atoms with van der Waals surface area (Å²) in [7, 11) is 0. The normalized spacial score (nSPS) is 11.8. The van der Waals surface area contributed by atoms with Crippen molar-refractivity contribution in [3.63, 3.8) is 0 Å². The van der Waals surface area contributed by atoms with E-state index in [1.165, 1.54) is 5.57 Å². The van der Waals surface area contributed by atoms with Crippen molar-refractivity contribution in [2.45, 2.75) is 38.2 Å². The van der Waals surface area contributed by atoms with Gasteiger partial charge in [0.15, 0.2) is 0 Å². The van der Waals surface area contributed by atoms with Gasteiger partial charge in [0.2, 0.25) is 0 Å². The molecule has 1 unspecified atom stereocenters. The summed E-state index contributed by atoms with van der Waals surface area (Å²) >= 11 is 1.66. The van der Waals surface area contributed by atoms with Gasteiger partial charge in [-0.05, 0) is 39.3 Å². The van der Waals surface area contributed by atoms with Crippen LogP contribution in [-0.2, 0) is 0 Å². The average Bonchev–Trinajstić information content (AvgIpc) is 2.38. The number of hydrogen-bond acceptors (Lipinski definition) is 3. The van der Waals surface area contributed by atoms with Crippen LogP contribution in [0.15, 0.2) is 40.8 Å². The Morgan fingerprint density at radius 3 is 2.75 bits per heavy atom. The second kappa shape index (κ2) is 8.82. The van der Waals surface area contributed by atoms with E-state index in [9.17, 15) is 9.90 Å². The summed E-state index contributed by atoms with van der Waals surface area (Å²) in [4.78, 5) is 13.1. The predicted octanol–water partition coefficient (Wildman–Crippen LogP) is 3.25.